The fourth-order valence-corrected chi connectivity index (χ4v) is 2.27. The van der Waals surface area contributed by atoms with E-state index in [0.717, 1.165) is 24.9 Å². The molecule has 2 rings (SSSR count). The van der Waals surface area contributed by atoms with Crippen molar-refractivity contribution in [3.63, 3.8) is 0 Å². The minimum Gasteiger partial charge on any atom is -0.397 e. The quantitative estimate of drug-likeness (QED) is 0.697. The second-order valence-electron chi connectivity index (χ2n) is 4.78. The first-order valence-corrected chi connectivity index (χ1v) is 6.04. The zero-order valence-electron chi connectivity index (χ0n) is 10.1. The lowest BCUT2D eigenvalue weighted by molar-refractivity contribution is 0.100. The monoisotopic (exact) mass is 233 g/mol. The van der Waals surface area contributed by atoms with Crippen LogP contribution in [0, 0.1) is 0 Å². The van der Waals surface area contributed by atoms with Gasteiger partial charge in [-0.3, -0.25) is 4.79 Å². The van der Waals surface area contributed by atoms with Gasteiger partial charge in [-0.15, -0.1) is 0 Å². The summed E-state index contributed by atoms with van der Waals surface area (Å²) in [5.41, 5.74) is 13.3. The number of benzene rings is 1. The van der Waals surface area contributed by atoms with Crippen molar-refractivity contribution >= 4 is 17.3 Å². The third-order valence-corrected chi connectivity index (χ3v) is 3.73. The van der Waals surface area contributed by atoms with Crippen molar-refractivity contribution in [3.05, 3.63) is 23.8 Å². The molecule has 0 unspecified atom stereocenters. The van der Waals surface area contributed by atoms with Gasteiger partial charge in [-0.25, -0.2) is 0 Å². The van der Waals surface area contributed by atoms with Crippen LogP contribution in [-0.2, 0) is 0 Å². The molecular formula is C13H19N3O. The number of primary amides is 1. The molecule has 0 bridgehead atoms. The van der Waals surface area contributed by atoms with Gasteiger partial charge in [0.2, 0.25) is 5.91 Å². The van der Waals surface area contributed by atoms with Crippen molar-refractivity contribution in [2.75, 3.05) is 11.1 Å². The Morgan fingerprint density at radius 2 is 2.18 bits per heavy atom. The number of carbonyl (C=O) groups is 1. The maximum atomic E-state index is 11.1. The maximum Gasteiger partial charge on any atom is 0.248 e. The average molecular weight is 233 g/mol. The van der Waals surface area contributed by atoms with Crippen LogP contribution < -0.4 is 16.8 Å². The van der Waals surface area contributed by atoms with Crippen molar-refractivity contribution < 1.29 is 4.79 Å². The summed E-state index contributed by atoms with van der Waals surface area (Å²) in [5, 5.41) is 3.47. The highest BCUT2D eigenvalue weighted by atomic mass is 16.1. The Bertz CT molecular complexity index is 433. The van der Waals surface area contributed by atoms with Crippen molar-refractivity contribution in [1.29, 1.82) is 0 Å². The van der Waals surface area contributed by atoms with Crippen molar-refractivity contribution in [3.8, 4) is 0 Å². The van der Waals surface area contributed by atoms with E-state index in [0.29, 0.717) is 11.3 Å². The molecule has 0 aliphatic heterocycles. The summed E-state index contributed by atoms with van der Waals surface area (Å²) in [6, 6.07) is 5.13. The molecule has 0 radical (unpaired) electrons. The van der Waals surface area contributed by atoms with E-state index in [2.05, 4.69) is 12.2 Å². The summed E-state index contributed by atoms with van der Waals surface area (Å²) in [7, 11) is 0. The molecule has 1 aromatic rings. The first-order valence-electron chi connectivity index (χ1n) is 6.04. The normalized spacial score (nSPS) is 17.2. The Morgan fingerprint density at radius 1 is 1.47 bits per heavy atom. The SMILES string of the molecule is CCC1(Nc2cc(C(N)=O)ccc2N)CCC1. The molecule has 5 N–H and O–H groups in total. The largest absolute Gasteiger partial charge is 0.397 e. The number of rotatable bonds is 4. The number of amides is 1. The highest BCUT2D eigenvalue weighted by molar-refractivity contribution is 5.95. The van der Waals surface area contributed by atoms with Crippen LogP contribution in [-0.4, -0.2) is 11.4 Å². The van der Waals surface area contributed by atoms with E-state index in [-0.39, 0.29) is 5.54 Å². The number of hydrogen-bond acceptors (Lipinski definition) is 3. The molecule has 4 heteroatoms. The van der Waals surface area contributed by atoms with Crippen LogP contribution in [0.5, 0.6) is 0 Å². The molecule has 0 saturated heterocycles. The predicted molar refractivity (Wildman–Crippen MR) is 69.9 cm³/mol. The van der Waals surface area contributed by atoms with Crippen LogP contribution in [0.4, 0.5) is 11.4 Å². The Hall–Kier alpha value is -1.71. The Balaban J connectivity index is 2.25. The van der Waals surface area contributed by atoms with E-state index in [1.54, 1.807) is 18.2 Å². The third kappa shape index (κ3) is 2.20. The van der Waals surface area contributed by atoms with E-state index in [4.69, 9.17) is 11.5 Å². The molecular weight excluding hydrogens is 214 g/mol. The molecule has 0 aromatic heterocycles. The predicted octanol–water partition coefficient (Wildman–Crippen LogP) is 2.11. The van der Waals surface area contributed by atoms with Crippen LogP contribution in [0.15, 0.2) is 18.2 Å². The highest BCUT2D eigenvalue weighted by Gasteiger charge is 2.35. The Labute approximate surface area is 101 Å². The second-order valence-corrected chi connectivity index (χ2v) is 4.78. The number of hydrogen-bond donors (Lipinski definition) is 3. The summed E-state index contributed by atoms with van der Waals surface area (Å²) < 4.78 is 0. The van der Waals surface area contributed by atoms with Crippen molar-refractivity contribution in [2.45, 2.75) is 38.1 Å². The van der Waals surface area contributed by atoms with Gasteiger partial charge in [0.15, 0.2) is 0 Å². The Kier molecular flexibility index (Phi) is 2.96. The van der Waals surface area contributed by atoms with Gasteiger partial charge in [-0.2, -0.15) is 0 Å². The molecule has 1 aliphatic carbocycles. The van der Waals surface area contributed by atoms with Crippen molar-refractivity contribution in [1.82, 2.24) is 0 Å². The van der Waals surface area contributed by atoms with E-state index < -0.39 is 5.91 Å². The fraction of sp³-hybridized carbons (Fsp3) is 0.462. The lowest BCUT2D eigenvalue weighted by atomic mass is 9.74. The molecule has 0 spiro atoms. The van der Waals surface area contributed by atoms with E-state index in [1.165, 1.54) is 6.42 Å². The minimum absolute atomic E-state index is 0.157. The summed E-state index contributed by atoms with van der Waals surface area (Å²) in [5.74, 6) is -0.424. The molecule has 1 amide bonds. The second kappa shape index (κ2) is 4.28. The van der Waals surface area contributed by atoms with Gasteiger partial charge in [0.05, 0.1) is 11.4 Å². The number of carbonyl (C=O) groups excluding carboxylic acids is 1. The van der Waals surface area contributed by atoms with E-state index in [9.17, 15) is 4.79 Å². The van der Waals surface area contributed by atoms with Gasteiger partial charge >= 0.3 is 0 Å². The van der Waals surface area contributed by atoms with Crippen molar-refractivity contribution in [2.24, 2.45) is 5.73 Å². The van der Waals surface area contributed by atoms with Crippen LogP contribution >= 0.6 is 0 Å². The molecule has 92 valence electrons. The number of nitrogen functional groups attached to an aromatic ring is 1. The number of nitrogens with one attached hydrogen (secondary N) is 1. The highest BCUT2D eigenvalue weighted by Crippen LogP contribution is 2.39. The summed E-state index contributed by atoms with van der Waals surface area (Å²) in [6.45, 7) is 2.17. The maximum absolute atomic E-state index is 11.1. The lowest BCUT2D eigenvalue weighted by Gasteiger charge is -2.43. The Morgan fingerprint density at radius 3 is 2.65 bits per heavy atom. The average Bonchev–Trinajstić information content (AvgIpc) is 2.25. The first kappa shape index (κ1) is 11.8. The van der Waals surface area contributed by atoms with Crippen LogP contribution in [0.3, 0.4) is 0 Å². The number of nitrogens with two attached hydrogens (primary N) is 2. The minimum atomic E-state index is -0.424. The van der Waals surface area contributed by atoms with Crippen LogP contribution in [0.2, 0.25) is 0 Å². The molecule has 1 fully saturated rings. The molecule has 17 heavy (non-hydrogen) atoms. The van der Waals surface area contributed by atoms with E-state index in [1.807, 2.05) is 0 Å². The van der Waals surface area contributed by atoms with Crippen LogP contribution in [0.1, 0.15) is 43.0 Å². The molecule has 0 atom stereocenters. The standard InChI is InChI=1S/C13H19N3O/c1-2-13(6-3-7-13)16-11-8-9(12(15)17)4-5-10(11)14/h4-5,8,16H,2-3,6-7,14H2,1H3,(H2,15,17). The van der Waals surface area contributed by atoms with Gasteiger partial charge in [0, 0.05) is 11.1 Å². The summed E-state index contributed by atoms with van der Waals surface area (Å²) in [4.78, 5) is 11.1. The third-order valence-electron chi connectivity index (χ3n) is 3.73. The molecule has 1 saturated carbocycles. The zero-order chi connectivity index (χ0) is 12.5. The number of anilines is 2. The van der Waals surface area contributed by atoms with Gasteiger partial charge in [-0.05, 0) is 43.9 Å². The van der Waals surface area contributed by atoms with Gasteiger partial charge in [0.1, 0.15) is 0 Å². The van der Waals surface area contributed by atoms with Crippen LogP contribution in [0.25, 0.3) is 0 Å². The smallest absolute Gasteiger partial charge is 0.248 e. The molecule has 1 aliphatic rings. The molecule has 0 heterocycles. The van der Waals surface area contributed by atoms with Gasteiger partial charge in [0.25, 0.3) is 0 Å². The lowest BCUT2D eigenvalue weighted by Crippen LogP contribution is -2.44. The molecule has 1 aromatic carbocycles. The summed E-state index contributed by atoms with van der Waals surface area (Å²) >= 11 is 0. The molecule has 4 nitrogen and oxygen atoms in total. The zero-order valence-corrected chi connectivity index (χ0v) is 10.1. The van der Waals surface area contributed by atoms with E-state index >= 15 is 0 Å². The fourth-order valence-electron chi connectivity index (χ4n) is 2.27. The topological polar surface area (TPSA) is 81.1 Å². The summed E-state index contributed by atoms with van der Waals surface area (Å²) in [6.07, 6.45) is 4.62. The van der Waals surface area contributed by atoms with Gasteiger partial charge < -0.3 is 16.8 Å². The van der Waals surface area contributed by atoms with Gasteiger partial charge in [-0.1, -0.05) is 6.92 Å². The first-order chi connectivity index (χ1) is 8.06.